The summed E-state index contributed by atoms with van der Waals surface area (Å²) in [5.74, 6) is -7.06. The molecule has 0 heterocycles. The number of hydrogen-bond donors (Lipinski definition) is 1. The van der Waals surface area contributed by atoms with Crippen LogP contribution in [0.15, 0.2) is 0 Å². The largest absolute Gasteiger partial charge is 0.417 e. The first-order valence-corrected chi connectivity index (χ1v) is 2.98. The minimum Gasteiger partial charge on any atom is -0.387 e. The van der Waals surface area contributed by atoms with Crippen LogP contribution in [0.25, 0.3) is 0 Å². The van der Waals surface area contributed by atoms with Crippen LogP contribution in [-0.4, -0.2) is 29.5 Å². The first kappa shape index (κ1) is 12.1. The minimum absolute atomic E-state index is 1.88. The van der Waals surface area contributed by atoms with Crippen molar-refractivity contribution in [1.82, 2.24) is 0 Å². The number of aliphatic hydroxyl groups is 1. The minimum atomic E-state index is -4.45. The fourth-order valence-electron chi connectivity index (χ4n) is 0.492. The van der Waals surface area contributed by atoms with E-state index in [4.69, 9.17) is 5.11 Å². The van der Waals surface area contributed by atoms with E-state index in [1.54, 1.807) is 0 Å². The number of halogens is 5. The molecule has 0 aliphatic carbocycles. The number of aliphatic hydroxyl groups excluding tert-OH is 1. The van der Waals surface area contributed by atoms with E-state index in [0.29, 0.717) is 0 Å². The van der Waals surface area contributed by atoms with Crippen molar-refractivity contribution in [3.05, 3.63) is 0 Å². The van der Waals surface area contributed by atoms with E-state index in [2.05, 4.69) is 4.94 Å². The Labute approximate surface area is 69.0 Å². The molecule has 0 bridgehead atoms. The molecule has 3 nitrogen and oxygen atoms in total. The average molecular weight is 208 g/mol. The van der Waals surface area contributed by atoms with Crippen LogP contribution in [-0.2, 0) is 9.74 Å². The number of hydrogen-bond acceptors (Lipinski definition) is 3. The monoisotopic (exact) mass is 208 g/mol. The molecule has 0 saturated heterocycles. The Morgan fingerprint density at radius 2 is 1.92 bits per heavy atom. The molecular formula is C5H5F5O3. The Morgan fingerprint density at radius 3 is 2.23 bits per heavy atom. The molecule has 13 heavy (non-hydrogen) atoms. The smallest absolute Gasteiger partial charge is 0.387 e. The van der Waals surface area contributed by atoms with Crippen LogP contribution in [0, 0.1) is 0 Å². The van der Waals surface area contributed by atoms with Gasteiger partial charge in [0.25, 0.3) is 6.43 Å². The van der Waals surface area contributed by atoms with Gasteiger partial charge >= 0.3 is 11.9 Å². The summed E-state index contributed by atoms with van der Waals surface area (Å²) in [5, 5.41) is 8.25. The maximum atomic E-state index is 12.2. The summed E-state index contributed by atoms with van der Waals surface area (Å²) in [4.78, 5) is 12.0. The zero-order valence-electron chi connectivity index (χ0n) is 6.02. The van der Waals surface area contributed by atoms with Crippen molar-refractivity contribution in [3.8, 4) is 0 Å². The molecule has 0 unspecified atom stereocenters. The lowest BCUT2D eigenvalue weighted by atomic mass is 10.1. The molecule has 0 aliphatic rings. The Bertz CT molecular complexity index is 183. The van der Waals surface area contributed by atoms with E-state index in [9.17, 15) is 26.9 Å². The molecule has 1 atom stereocenters. The van der Waals surface area contributed by atoms with Gasteiger partial charge < -0.3 is 5.11 Å². The zero-order valence-corrected chi connectivity index (χ0v) is 6.02. The maximum absolute atomic E-state index is 12.2. The summed E-state index contributed by atoms with van der Waals surface area (Å²) >= 11 is 0. The number of carbonyl (C=O) groups excluding carboxylic acids is 1. The average Bonchev–Trinajstić information content (AvgIpc) is 2.01. The van der Waals surface area contributed by atoms with E-state index in [1.807, 2.05) is 0 Å². The van der Waals surface area contributed by atoms with Crippen molar-refractivity contribution in [3.63, 3.8) is 0 Å². The van der Waals surface area contributed by atoms with E-state index >= 15 is 0 Å². The highest BCUT2D eigenvalue weighted by molar-refractivity contribution is 5.76. The van der Waals surface area contributed by atoms with Crippen molar-refractivity contribution in [1.29, 1.82) is 0 Å². The summed E-state index contributed by atoms with van der Waals surface area (Å²) in [6.07, 6.45) is -8.01. The van der Waals surface area contributed by atoms with Gasteiger partial charge in [0.15, 0.2) is 0 Å². The number of alkyl halides is 4. The molecule has 0 amide bonds. The molecular weight excluding hydrogens is 203 g/mol. The van der Waals surface area contributed by atoms with Gasteiger partial charge in [0.05, 0.1) is 6.42 Å². The van der Waals surface area contributed by atoms with Crippen molar-refractivity contribution in [2.45, 2.75) is 24.9 Å². The normalized spacial score (nSPS) is 14.4. The highest BCUT2D eigenvalue weighted by Crippen LogP contribution is 2.24. The molecule has 8 heteroatoms. The molecule has 0 radical (unpaired) electrons. The lowest BCUT2D eigenvalue weighted by Crippen LogP contribution is -2.36. The summed E-state index contributed by atoms with van der Waals surface area (Å²) in [6, 6.07) is 0. The Morgan fingerprint density at radius 1 is 1.46 bits per heavy atom. The predicted molar refractivity (Wildman–Crippen MR) is 28.8 cm³/mol. The van der Waals surface area contributed by atoms with Gasteiger partial charge in [-0.1, -0.05) is 0 Å². The predicted octanol–water partition coefficient (Wildman–Crippen LogP) is 1.07. The number of rotatable bonds is 4. The second-order valence-corrected chi connectivity index (χ2v) is 2.17. The first-order chi connectivity index (χ1) is 5.81. The van der Waals surface area contributed by atoms with Gasteiger partial charge in [0, 0.05) is 4.53 Å². The highest BCUT2D eigenvalue weighted by atomic mass is 19.3. The second kappa shape index (κ2) is 4.35. The fraction of sp³-hybridized carbons (Fsp3) is 0.800. The SMILES string of the molecule is O=C(OF)C(F)(F)C[C@H](O)C(F)F. The van der Waals surface area contributed by atoms with Gasteiger partial charge in [-0.2, -0.15) is 8.78 Å². The van der Waals surface area contributed by atoms with E-state index in [1.165, 1.54) is 0 Å². The first-order valence-electron chi connectivity index (χ1n) is 2.98. The third-order valence-electron chi connectivity index (χ3n) is 1.13. The van der Waals surface area contributed by atoms with Crippen molar-refractivity contribution < 1.29 is 36.9 Å². The van der Waals surface area contributed by atoms with Gasteiger partial charge in [-0.3, -0.25) is 0 Å². The van der Waals surface area contributed by atoms with Crippen LogP contribution in [0.3, 0.4) is 0 Å². The molecule has 0 spiro atoms. The van der Waals surface area contributed by atoms with E-state index < -0.39 is 30.8 Å². The van der Waals surface area contributed by atoms with Gasteiger partial charge in [0.2, 0.25) is 0 Å². The van der Waals surface area contributed by atoms with Crippen molar-refractivity contribution in [2.24, 2.45) is 0 Å². The van der Waals surface area contributed by atoms with Crippen LogP contribution in [0.2, 0.25) is 0 Å². The Kier molecular flexibility index (Phi) is 4.05. The van der Waals surface area contributed by atoms with Gasteiger partial charge in [-0.15, -0.1) is 0 Å². The lowest BCUT2D eigenvalue weighted by Gasteiger charge is -2.15. The third-order valence-corrected chi connectivity index (χ3v) is 1.13. The summed E-state index contributed by atoms with van der Waals surface area (Å²) in [5.41, 5.74) is 0. The third kappa shape index (κ3) is 3.53. The molecule has 0 aromatic carbocycles. The van der Waals surface area contributed by atoms with Crippen LogP contribution in [0.5, 0.6) is 0 Å². The molecule has 1 N–H and O–H groups in total. The number of carbonyl (C=O) groups is 1. The van der Waals surface area contributed by atoms with E-state index in [-0.39, 0.29) is 0 Å². The zero-order chi connectivity index (χ0) is 10.6. The molecule has 78 valence electrons. The maximum Gasteiger partial charge on any atom is 0.417 e. The fourth-order valence-corrected chi connectivity index (χ4v) is 0.492. The van der Waals surface area contributed by atoms with Gasteiger partial charge in [0.1, 0.15) is 6.10 Å². The molecule has 0 rings (SSSR count). The van der Waals surface area contributed by atoms with Gasteiger partial charge in [-0.25, -0.2) is 18.5 Å². The van der Waals surface area contributed by atoms with Crippen LogP contribution < -0.4 is 0 Å². The van der Waals surface area contributed by atoms with Crippen molar-refractivity contribution >= 4 is 5.97 Å². The van der Waals surface area contributed by atoms with Crippen LogP contribution in [0.1, 0.15) is 6.42 Å². The van der Waals surface area contributed by atoms with Gasteiger partial charge in [-0.05, 0) is 0 Å². The quantitative estimate of drug-likeness (QED) is 0.702. The van der Waals surface area contributed by atoms with Crippen molar-refractivity contribution in [2.75, 3.05) is 0 Å². The standard InChI is InChI=1S/C5H5F5O3/c6-3(7)2(11)1-5(8,9)4(12)13-10/h2-3,11H,1H2/t2-/m0/s1. The van der Waals surface area contributed by atoms with Crippen LogP contribution in [0.4, 0.5) is 22.1 Å². The Balaban J connectivity index is 4.24. The highest BCUT2D eigenvalue weighted by Gasteiger charge is 2.45. The molecule has 0 fully saturated rings. The summed E-state index contributed by atoms with van der Waals surface area (Å²) in [7, 11) is 0. The van der Waals surface area contributed by atoms with Crippen LogP contribution >= 0.6 is 0 Å². The lowest BCUT2D eigenvalue weighted by molar-refractivity contribution is -0.216. The molecule has 0 aliphatic heterocycles. The molecule has 0 aromatic heterocycles. The summed E-state index contributed by atoms with van der Waals surface area (Å²) in [6.45, 7) is 0. The molecule has 0 aromatic rings. The Hall–Kier alpha value is -0.920. The topological polar surface area (TPSA) is 46.5 Å². The molecule has 0 saturated carbocycles. The van der Waals surface area contributed by atoms with E-state index in [0.717, 1.165) is 0 Å². The summed E-state index contributed by atoms with van der Waals surface area (Å²) < 4.78 is 58.4. The second-order valence-electron chi connectivity index (χ2n) is 2.17.